The van der Waals surface area contributed by atoms with Gasteiger partial charge >= 0.3 is 0 Å². The summed E-state index contributed by atoms with van der Waals surface area (Å²) in [5, 5.41) is 3.11. The molecule has 110 valence electrons. The summed E-state index contributed by atoms with van der Waals surface area (Å²) in [7, 11) is 0. The van der Waals surface area contributed by atoms with E-state index in [0.717, 1.165) is 37.7 Å². The molecule has 0 saturated heterocycles. The Hall–Kier alpha value is -1.38. The van der Waals surface area contributed by atoms with Crippen molar-refractivity contribution in [2.75, 3.05) is 0 Å². The van der Waals surface area contributed by atoms with Gasteiger partial charge in [-0.25, -0.2) is 4.39 Å². The van der Waals surface area contributed by atoms with Crippen LogP contribution in [0.3, 0.4) is 0 Å². The highest BCUT2D eigenvalue weighted by Gasteiger charge is 2.33. The van der Waals surface area contributed by atoms with Crippen LogP contribution < -0.4 is 5.32 Å². The quantitative estimate of drug-likeness (QED) is 0.836. The fraction of sp³-hybridized carbons (Fsp3) is 0.588. The first kappa shape index (κ1) is 15.0. The summed E-state index contributed by atoms with van der Waals surface area (Å²) < 4.78 is 13.6. The highest BCUT2D eigenvalue weighted by Crippen LogP contribution is 2.38. The molecule has 20 heavy (non-hydrogen) atoms. The van der Waals surface area contributed by atoms with E-state index in [4.69, 9.17) is 0 Å². The molecule has 1 fully saturated rings. The zero-order valence-electron chi connectivity index (χ0n) is 12.4. The molecule has 1 atom stereocenters. The predicted molar refractivity (Wildman–Crippen MR) is 79.0 cm³/mol. The van der Waals surface area contributed by atoms with Crippen molar-refractivity contribution in [1.29, 1.82) is 0 Å². The van der Waals surface area contributed by atoms with Crippen LogP contribution in [0.4, 0.5) is 4.39 Å². The second-order valence-electron chi connectivity index (χ2n) is 5.79. The Balaban J connectivity index is 1.82. The van der Waals surface area contributed by atoms with Gasteiger partial charge in [-0.3, -0.25) is 4.79 Å². The van der Waals surface area contributed by atoms with Crippen LogP contribution in [0.5, 0.6) is 0 Å². The maximum Gasteiger partial charge on any atom is 0.223 e. The Kier molecular flexibility index (Phi) is 5.16. The first-order valence-corrected chi connectivity index (χ1v) is 7.70. The number of carbonyl (C=O) groups excluding carboxylic acids is 1. The summed E-state index contributed by atoms with van der Waals surface area (Å²) in [6.07, 6.45) is 4.59. The molecule has 1 aliphatic carbocycles. The predicted octanol–water partition coefficient (Wildman–Crippen LogP) is 4.01. The van der Waals surface area contributed by atoms with Crippen LogP contribution in [0.2, 0.25) is 0 Å². The lowest BCUT2D eigenvalue weighted by Gasteiger charge is -2.37. The molecular formula is C17H24FNO. The minimum Gasteiger partial charge on any atom is -0.353 e. The monoisotopic (exact) mass is 277 g/mol. The summed E-state index contributed by atoms with van der Waals surface area (Å²) in [6, 6.07) is 7.17. The molecule has 2 rings (SSSR count). The highest BCUT2D eigenvalue weighted by atomic mass is 19.1. The van der Waals surface area contributed by atoms with E-state index in [9.17, 15) is 9.18 Å². The van der Waals surface area contributed by atoms with Gasteiger partial charge in [0.05, 0.1) is 0 Å². The minimum atomic E-state index is -0.125. The van der Waals surface area contributed by atoms with E-state index in [0.29, 0.717) is 0 Å². The van der Waals surface area contributed by atoms with Crippen molar-refractivity contribution in [3.63, 3.8) is 0 Å². The van der Waals surface area contributed by atoms with Gasteiger partial charge in [0.15, 0.2) is 0 Å². The lowest BCUT2D eigenvalue weighted by Crippen LogP contribution is -2.45. The van der Waals surface area contributed by atoms with Crippen LogP contribution in [0.15, 0.2) is 24.3 Å². The molecule has 0 bridgehead atoms. The van der Waals surface area contributed by atoms with E-state index in [1.165, 1.54) is 6.07 Å². The summed E-state index contributed by atoms with van der Waals surface area (Å²) >= 11 is 0. The lowest BCUT2D eigenvalue weighted by atomic mass is 9.75. The zero-order valence-corrected chi connectivity index (χ0v) is 12.4. The highest BCUT2D eigenvalue weighted by molar-refractivity contribution is 5.79. The molecule has 0 radical (unpaired) electrons. The van der Waals surface area contributed by atoms with Gasteiger partial charge in [0.2, 0.25) is 5.91 Å². The summed E-state index contributed by atoms with van der Waals surface area (Å²) in [6.45, 7) is 4.16. The van der Waals surface area contributed by atoms with Crippen molar-refractivity contribution in [2.24, 2.45) is 5.92 Å². The molecule has 0 aromatic heterocycles. The van der Waals surface area contributed by atoms with E-state index in [1.807, 2.05) is 12.1 Å². The molecule has 0 spiro atoms. The van der Waals surface area contributed by atoms with Gasteiger partial charge in [-0.05, 0) is 43.2 Å². The first-order valence-electron chi connectivity index (χ1n) is 7.70. The largest absolute Gasteiger partial charge is 0.353 e. The van der Waals surface area contributed by atoms with Crippen LogP contribution in [0, 0.1) is 11.7 Å². The Morgan fingerprint density at radius 2 is 2.05 bits per heavy atom. The Bertz CT molecular complexity index is 454. The minimum absolute atomic E-state index is 0.125. The second-order valence-corrected chi connectivity index (χ2v) is 5.79. The van der Waals surface area contributed by atoms with Crippen LogP contribution in [0.25, 0.3) is 0 Å². The third-order valence-corrected chi connectivity index (χ3v) is 4.33. The van der Waals surface area contributed by atoms with Crippen molar-refractivity contribution in [3.8, 4) is 0 Å². The fourth-order valence-corrected chi connectivity index (χ4v) is 2.98. The SMILES string of the molecule is CCCC(CC)C(=O)NC1CC(c2ccccc2F)C1. The zero-order chi connectivity index (χ0) is 14.5. The van der Waals surface area contributed by atoms with Crippen molar-refractivity contribution in [3.05, 3.63) is 35.6 Å². The summed E-state index contributed by atoms with van der Waals surface area (Å²) in [4.78, 5) is 12.1. The van der Waals surface area contributed by atoms with Gasteiger partial charge in [-0.15, -0.1) is 0 Å². The maximum absolute atomic E-state index is 13.6. The number of rotatable bonds is 6. The lowest BCUT2D eigenvalue weighted by molar-refractivity contribution is -0.126. The van der Waals surface area contributed by atoms with Gasteiger partial charge in [0.1, 0.15) is 5.82 Å². The van der Waals surface area contributed by atoms with Crippen LogP contribution >= 0.6 is 0 Å². The summed E-state index contributed by atoms with van der Waals surface area (Å²) in [5.74, 6) is 0.436. The van der Waals surface area contributed by atoms with Gasteiger partial charge in [-0.1, -0.05) is 38.5 Å². The molecule has 1 saturated carbocycles. The molecule has 2 nitrogen and oxygen atoms in total. The molecule has 0 aliphatic heterocycles. The van der Waals surface area contributed by atoms with Gasteiger partial charge in [-0.2, -0.15) is 0 Å². The molecular weight excluding hydrogens is 253 g/mol. The first-order chi connectivity index (χ1) is 9.65. The standard InChI is InChI=1S/C17H24FNO/c1-3-7-12(4-2)17(20)19-14-10-13(11-14)15-8-5-6-9-16(15)18/h5-6,8-9,12-14H,3-4,7,10-11H2,1-2H3,(H,19,20). The number of hydrogen-bond acceptors (Lipinski definition) is 1. The second kappa shape index (κ2) is 6.87. The fourth-order valence-electron chi connectivity index (χ4n) is 2.98. The molecule has 1 aromatic rings. The Morgan fingerprint density at radius 3 is 2.65 bits per heavy atom. The molecule has 1 aromatic carbocycles. The Labute approximate surface area is 120 Å². The number of amides is 1. The van der Waals surface area contributed by atoms with Gasteiger partial charge in [0, 0.05) is 12.0 Å². The van der Waals surface area contributed by atoms with E-state index in [2.05, 4.69) is 19.2 Å². The van der Waals surface area contributed by atoms with Crippen molar-refractivity contribution >= 4 is 5.91 Å². The van der Waals surface area contributed by atoms with E-state index in [1.54, 1.807) is 6.07 Å². The number of carbonyl (C=O) groups is 1. The van der Waals surface area contributed by atoms with E-state index < -0.39 is 0 Å². The Morgan fingerprint density at radius 1 is 1.35 bits per heavy atom. The molecule has 0 heterocycles. The van der Waals surface area contributed by atoms with Crippen molar-refractivity contribution < 1.29 is 9.18 Å². The van der Waals surface area contributed by atoms with Crippen LogP contribution in [-0.2, 0) is 4.79 Å². The van der Waals surface area contributed by atoms with Crippen LogP contribution in [0.1, 0.15) is 57.4 Å². The molecule has 1 amide bonds. The number of hydrogen-bond donors (Lipinski definition) is 1. The van der Waals surface area contributed by atoms with Crippen LogP contribution in [-0.4, -0.2) is 11.9 Å². The molecule has 1 aliphatic rings. The van der Waals surface area contributed by atoms with E-state index in [-0.39, 0.29) is 29.6 Å². The summed E-state index contributed by atoms with van der Waals surface area (Å²) in [5.41, 5.74) is 0.790. The molecule has 1 unspecified atom stereocenters. The third kappa shape index (κ3) is 3.38. The number of halogens is 1. The van der Waals surface area contributed by atoms with Gasteiger partial charge < -0.3 is 5.32 Å². The third-order valence-electron chi connectivity index (χ3n) is 4.33. The normalized spacial score (nSPS) is 22.9. The topological polar surface area (TPSA) is 29.1 Å². The number of nitrogens with one attached hydrogen (secondary N) is 1. The maximum atomic E-state index is 13.6. The van der Waals surface area contributed by atoms with Gasteiger partial charge in [0.25, 0.3) is 0 Å². The smallest absolute Gasteiger partial charge is 0.223 e. The van der Waals surface area contributed by atoms with E-state index >= 15 is 0 Å². The molecule has 3 heteroatoms. The van der Waals surface area contributed by atoms with Crippen molar-refractivity contribution in [1.82, 2.24) is 5.32 Å². The number of benzene rings is 1. The average Bonchev–Trinajstić information content (AvgIpc) is 2.40. The van der Waals surface area contributed by atoms with Crippen molar-refractivity contribution in [2.45, 2.75) is 57.9 Å². The molecule has 1 N–H and O–H groups in total. The average molecular weight is 277 g/mol.